The van der Waals surface area contributed by atoms with E-state index >= 15 is 0 Å². The van der Waals surface area contributed by atoms with E-state index in [4.69, 9.17) is 10.5 Å². The standard InChI is InChI=1S/C10H14FNO/c1-6-4-10(13-3)8(7(2)12)5-9(6)11/h4-5,7H,12H2,1-3H3. The second-order valence-corrected chi connectivity index (χ2v) is 3.13. The highest BCUT2D eigenvalue weighted by atomic mass is 19.1. The van der Waals surface area contributed by atoms with Gasteiger partial charge in [-0.25, -0.2) is 4.39 Å². The molecule has 72 valence electrons. The first-order valence-corrected chi connectivity index (χ1v) is 4.16. The Morgan fingerprint density at radius 1 is 1.46 bits per heavy atom. The lowest BCUT2D eigenvalue weighted by atomic mass is 10.1. The molecule has 3 heteroatoms. The van der Waals surface area contributed by atoms with Crippen LogP contribution in [0, 0.1) is 12.7 Å². The Balaban J connectivity index is 3.25. The third-order valence-electron chi connectivity index (χ3n) is 2.00. The summed E-state index contributed by atoms with van der Waals surface area (Å²) in [7, 11) is 1.55. The molecule has 1 unspecified atom stereocenters. The number of ether oxygens (including phenoxy) is 1. The van der Waals surface area contributed by atoms with Crippen LogP contribution in [-0.4, -0.2) is 7.11 Å². The van der Waals surface area contributed by atoms with Gasteiger partial charge in [-0.05, 0) is 31.5 Å². The molecule has 0 heterocycles. The maximum absolute atomic E-state index is 13.1. The SMILES string of the molecule is COc1cc(C)c(F)cc1C(C)N. The largest absolute Gasteiger partial charge is 0.496 e. The highest BCUT2D eigenvalue weighted by Gasteiger charge is 2.10. The number of hydrogen-bond acceptors (Lipinski definition) is 2. The van der Waals surface area contributed by atoms with Crippen molar-refractivity contribution in [3.8, 4) is 5.75 Å². The van der Waals surface area contributed by atoms with Gasteiger partial charge < -0.3 is 10.5 Å². The number of halogens is 1. The minimum absolute atomic E-state index is 0.218. The zero-order valence-corrected chi connectivity index (χ0v) is 8.10. The Morgan fingerprint density at radius 3 is 2.54 bits per heavy atom. The molecule has 1 atom stereocenters. The van der Waals surface area contributed by atoms with Crippen molar-refractivity contribution in [3.63, 3.8) is 0 Å². The van der Waals surface area contributed by atoms with E-state index in [1.54, 1.807) is 27.0 Å². The summed E-state index contributed by atoms with van der Waals surface area (Å²) >= 11 is 0. The maximum Gasteiger partial charge on any atom is 0.126 e. The van der Waals surface area contributed by atoms with Crippen molar-refractivity contribution in [1.29, 1.82) is 0 Å². The van der Waals surface area contributed by atoms with Gasteiger partial charge in [0.25, 0.3) is 0 Å². The second-order valence-electron chi connectivity index (χ2n) is 3.13. The third-order valence-corrected chi connectivity index (χ3v) is 2.00. The van der Waals surface area contributed by atoms with Gasteiger partial charge in [0, 0.05) is 11.6 Å². The van der Waals surface area contributed by atoms with E-state index < -0.39 is 0 Å². The van der Waals surface area contributed by atoms with Gasteiger partial charge >= 0.3 is 0 Å². The maximum atomic E-state index is 13.1. The molecule has 0 bridgehead atoms. The van der Waals surface area contributed by atoms with Gasteiger partial charge in [0.1, 0.15) is 11.6 Å². The van der Waals surface area contributed by atoms with Gasteiger partial charge in [0.05, 0.1) is 7.11 Å². The van der Waals surface area contributed by atoms with Crippen LogP contribution >= 0.6 is 0 Å². The Morgan fingerprint density at radius 2 is 2.08 bits per heavy atom. The molecule has 0 fully saturated rings. The number of hydrogen-bond donors (Lipinski definition) is 1. The lowest BCUT2D eigenvalue weighted by molar-refractivity contribution is 0.405. The molecule has 13 heavy (non-hydrogen) atoms. The number of nitrogens with two attached hydrogens (primary N) is 1. The van der Waals surface area contributed by atoms with E-state index in [0.717, 1.165) is 0 Å². The summed E-state index contributed by atoms with van der Waals surface area (Å²) in [4.78, 5) is 0. The average molecular weight is 183 g/mol. The van der Waals surface area contributed by atoms with Crippen LogP contribution in [0.4, 0.5) is 4.39 Å². The molecule has 0 aliphatic rings. The lowest BCUT2D eigenvalue weighted by Crippen LogP contribution is -2.08. The summed E-state index contributed by atoms with van der Waals surface area (Å²) in [6.07, 6.45) is 0. The van der Waals surface area contributed by atoms with Crippen molar-refractivity contribution in [2.45, 2.75) is 19.9 Å². The van der Waals surface area contributed by atoms with Crippen LogP contribution in [0.2, 0.25) is 0 Å². The predicted molar refractivity (Wildman–Crippen MR) is 50.3 cm³/mol. The van der Waals surface area contributed by atoms with Gasteiger partial charge in [-0.1, -0.05) is 0 Å². The van der Waals surface area contributed by atoms with Crippen molar-refractivity contribution in [2.24, 2.45) is 5.73 Å². The molecule has 1 aromatic carbocycles. The van der Waals surface area contributed by atoms with E-state index in [1.807, 2.05) is 0 Å². The summed E-state index contributed by atoms with van der Waals surface area (Å²) in [6, 6.07) is 2.87. The van der Waals surface area contributed by atoms with E-state index in [-0.39, 0.29) is 11.9 Å². The Bertz CT molecular complexity index is 310. The van der Waals surface area contributed by atoms with E-state index in [1.165, 1.54) is 6.07 Å². The first-order chi connectivity index (χ1) is 6.06. The number of methoxy groups -OCH3 is 1. The fraction of sp³-hybridized carbons (Fsp3) is 0.400. The van der Waals surface area contributed by atoms with E-state index in [2.05, 4.69) is 0 Å². The molecule has 0 aliphatic heterocycles. The first kappa shape index (κ1) is 9.99. The summed E-state index contributed by atoms with van der Waals surface area (Å²) in [6.45, 7) is 3.50. The lowest BCUT2D eigenvalue weighted by Gasteiger charge is -2.12. The molecular formula is C10H14FNO. The van der Waals surface area contributed by atoms with E-state index in [9.17, 15) is 4.39 Å². The van der Waals surface area contributed by atoms with Crippen molar-refractivity contribution in [2.75, 3.05) is 7.11 Å². The summed E-state index contributed by atoms with van der Waals surface area (Å²) < 4.78 is 18.2. The highest BCUT2D eigenvalue weighted by Crippen LogP contribution is 2.26. The quantitative estimate of drug-likeness (QED) is 0.762. The Labute approximate surface area is 77.5 Å². The van der Waals surface area contributed by atoms with Gasteiger partial charge in [-0.2, -0.15) is 0 Å². The molecule has 0 saturated carbocycles. The van der Waals surface area contributed by atoms with Gasteiger partial charge in [-0.15, -0.1) is 0 Å². The van der Waals surface area contributed by atoms with Crippen molar-refractivity contribution in [3.05, 3.63) is 29.1 Å². The summed E-state index contributed by atoms with van der Waals surface area (Å²) in [5.41, 5.74) is 6.93. The van der Waals surface area contributed by atoms with Crippen LogP contribution in [0.25, 0.3) is 0 Å². The van der Waals surface area contributed by atoms with Gasteiger partial charge in [0.15, 0.2) is 0 Å². The number of benzene rings is 1. The smallest absolute Gasteiger partial charge is 0.126 e. The Kier molecular flexibility index (Phi) is 2.88. The van der Waals surface area contributed by atoms with Crippen molar-refractivity contribution >= 4 is 0 Å². The van der Waals surface area contributed by atoms with Crippen LogP contribution in [0.5, 0.6) is 5.75 Å². The molecule has 0 amide bonds. The molecular weight excluding hydrogens is 169 g/mol. The zero-order valence-electron chi connectivity index (χ0n) is 8.10. The molecule has 1 aromatic rings. The second kappa shape index (κ2) is 3.75. The molecule has 0 spiro atoms. The van der Waals surface area contributed by atoms with Gasteiger partial charge in [-0.3, -0.25) is 0 Å². The highest BCUT2D eigenvalue weighted by molar-refractivity contribution is 5.39. The average Bonchev–Trinajstić information content (AvgIpc) is 2.08. The molecule has 2 nitrogen and oxygen atoms in total. The zero-order chi connectivity index (χ0) is 10.0. The predicted octanol–water partition coefficient (Wildman–Crippen LogP) is 2.16. The van der Waals surface area contributed by atoms with Gasteiger partial charge in [0.2, 0.25) is 0 Å². The van der Waals surface area contributed by atoms with E-state index in [0.29, 0.717) is 16.9 Å². The van der Waals surface area contributed by atoms with Crippen LogP contribution in [-0.2, 0) is 0 Å². The fourth-order valence-corrected chi connectivity index (χ4v) is 1.20. The Hall–Kier alpha value is -1.09. The summed E-state index contributed by atoms with van der Waals surface area (Å²) in [5.74, 6) is 0.405. The fourth-order valence-electron chi connectivity index (χ4n) is 1.20. The number of aryl methyl sites for hydroxylation is 1. The van der Waals surface area contributed by atoms with Crippen LogP contribution in [0.1, 0.15) is 24.1 Å². The molecule has 2 N–H and O–H groups in total. The normalized spacial score (nSPS) is 12.7. The van der Waals surface area contributed by atoms with Crippen LogP contribution in [0.15, 0.2) is 12.1 Å². The molecule has 1 rings (SSSR count). The molecule has 0 aliphatic carbocycles. The molecule has 0 aromatic heterocycles. The van der Waals surface area contributed by atoms with Crippen molar-refractivity contribution in [1.82, 2.24) is 0 Å². The first-order valence-electron chi connectivity index (χ1n) is 4.16. The topological polar surface area (TPSA) is 35.2 Å². The van der Waals surface area contributed by atoms with Crippen LogP contribution < -0.4 is 10.5 Å². The van der Waals surface area contributed by atoms with Crippen LogP contribution in [0.3, 0.4) is 0 Å². The summed E-state index contributed by atoms with van der Waals surface area (Å²) in [5, 5.41) is 0. The monoisotopic (exact) mass is 183 g/mol. The third kappa shape index (κ3) is 1.98. The minimum atomic E-state index is -0.242. The number of rotatable bonds is 2. The molecule has 0 saturated heterocycles. The molecule has 0 radical (unpaired) electrons. The minimum Gasteiger partial charge on any atom is -0.496 e. The van der Waals surface area contributed by atoms with Crippen molar-refractivity contribution < 1.29 is 9.13 Å².